The lowest BCUT2D eigenvalue weighted by atomic mass is 10.0. The fourth-order valence-corrected chi connectivity index (χ4v) is 2.44. The first-order valence-electron chi connectivity index (χ1n) is 7.46. The number of carbonyl (C=O) groups excluding carboxylic acids is 1. The van der Waals surface area contributed by atoms with Crippen molar-refractivity contribution < 1.29 is 4.79 Å². The molecule has 0 aliphatic heterocycles. The largest absolute Gasteiger partial charge is 0.300 e. The Morgan fingerprint density at radius 2 is 1.35 bits per heavy atom. The molecule has 1 heteroatoms. The SMILES string of the molecule is CC1=CCCCCCCCCCCC(=O)CC1. The molecular formula is C16H28O. The van der Waals surface area contributed by atoms with Gasteiger partial charge >= 0.3 is 0 Å². The van der Waals surface area contributed by atoms with Crippen LogP contribution in [0.1, 0.15) is 84.0 Å². The van der Waals surface area contributed by atoms with Crippen LogP contribution in [0.5, 0.6) is 0 Å². The number of hydrogen-bond donors (Lipinski definition) is 0. The molecule has 0 unspecified atom stereocenters. The Kier molecular flexibility index (Phi) is 8.04. The zero-order valence-electron chi connectivity index (χ0n) is 11.5. The Morgan fingerprint density at radius 3 is 2.06 bits per heavy atom. The fourth-order valence-electron chi connectivity index (χ4n) is 2.44. The van der Waals surface area contributed by atoms with Gasteiger partial charge in [0.25, 0.3) is 0 Å². The Labute approximate surface area is 107 Å². The Morgan fingerprint density at radius 1 is 0.765 bits per heavy atom. The van der Waals surface area contributed by atoms with E-state index in [1.54, 1.807) is 0 Å². The second-order valence-corrected chi connectivity index (χ2v) is 5.46. The third-order valence-electron chi connectivity index (χ3n) is 3.70. The van der Waals surface area contributed by atoms with Gasteiger partial charge in [-0.2, -0.15) is 0 Å². The van der Waals surface area contributed by atoms with Crippen molar-refractivity contribution in [1.29, 1.82) is 0 Å². The number of carbonyl (C=O) groups is 1. The summed E-state index contributed by atoms with van der Waals surface area (Å²) in [6.45, 7) is 2.17. The molecule has 0 fully saturated rings. The van der Waals surface area contributed by atoms with Gasteiger partial charge in [0, 0.05) is 12.8 Å². The van der Waals surface area contributed by atoms with E-state index >= 15 is 0 Å². The minimum Gasteiger partial charge on any atom is -0.300 e. The topological polar surface area (TPSA) is 17.1 Å². The van der Waals surface area contributed by atoms with Crippen LogP contribution in [0.2, 0.25) is 0 Å². The fraction of sp³-hybridized carbons (Fsp3) is 0.812. The molecular weight excluding hydrogens is 208 g/mol. The number of rotatable bonds is 0. The zero-order chi connectivity index (χ0) is 12.3. The zero-order valence-corrected chi connectivity index (χ0v) is 11.5. The summed E-state index contributed by atoms with van der Waals surface area (Å²) in [5.41, 5.74) is 1.41. The van der Waals surface area contributed by atoms with E-state index in [4.69, 9.17) is 0 Å². The van der Waals surface area contributed by atoms with E-state index in [1.165, 1.54) is 56.9 Å². The molecule has 0 atom stereocenters. The van der Waals surface area contributed by atoms with E-state index in [0.717, 1.165) is 25.7 Å². The lowest BCUT2D eigenvalue weighted by Crippen LogP contribution is -1.98. The summed E-state index contributed by atoms with van der Waals surface area (Å²) in [5.74, 6) is 0.465. The number of hydrogen-bond acceptors (Lipinski definition) is 1. The quantitative estimate of drug-likeness (QED) is 0.528. The van der Waals surface area contributed by atoms with Crippen molar-refractivity contribution in [2.24, 2.45) is 0 Å². The minimum absolute atomic E-state index is 0.465. The standard InChI is InChI=1S/C16H28O/c1-15-11-9-7-5-3-2-4-6-8-10-12-16(17)14-13-15/h11H,2-10,12-14H2,1H3. The molecule has 0 N–H and O–H groups in total. The third kappa shape index (κ3) is 8.18. The van der Waals surface area contributed by atoms with Gasteiger partial charge in [-0.1, -0.05) is 50.2 Å². The summed E-state index contributed by atoms with van der Waals surface area (Å²) >= 11 is 0. The number of Topliss-reactive ketones (excluding diaryl/α,β-unsaturated/α-hetero) is 1. The van der Waals surface area contributed by atoms with Gasteiger partial charge in [-0.3, -0.25) is 4.79 Å². The molecule has 98 valence electrons. The maximum Gasteiger partial charge on any atom is 0.133 e. The van der Waals surface area contributed by atoms with E-state index in [9.17, 15) is 4.79 Å². The first-order chi connectivity index (χ1) is 8.29. The Bertz CT molecular complexity index is 240. The summed E-state index contributed by atoms with van der Waals surface area (Å²) in [7, 11) is 0. The maximum absolute atomic E-state index is 11.6. The van der Waals surface area contributed by atoms with Gasteiger partial charge in [0.1, 0.15) is 5.78 Å². The first-order valence-corrected chi connectivity index (χ1v) is 7.46. The summed E-state index contributed by atoms with van der Waals surface area (Å²) in [4.78, 5) is 11.6. The highest BCUT2D eigenvalue weighted by molar-refractivity contribution is 5.78. The molecule has 1 rings (SSSR count). The molecule has 0 aromatic heterocycles. The van der Waals surface area contributed by atoms with Gasteiger partial charge < -0.3 is 0 Å². The molecule has 1 nitrogen and oxygen atoms in total. The smallest absolute Gasteiger partial charge is 0.133 e. The van der Waals surface area contributed by atoms with Gasteiger partial charge in [-0.15, -0.1) is 0 Å². The molecule has 0 saturated heterocycles. The normalized spacial score (nSPS) is 22.4. The highest BCUT2D eigenvalue weighted by atomic mass is 16.1. The van der Waals surface area contributed by atoms with E-state index < -0.39 is 0 Å². The molecule has 1 aliphatic rings. The second-order valence-electron chi connectivity index (χ2n) is 5.46. The van der Waals surface area contributed by atoms with Crippen LogP contribution in [-0.4, -0.2) is 5.78 Å². The van der Waals surface area contributed by atoms with Crippen LogP contribution in [0.3, 0.4) is 0 Å². The Balaban J connectivity index is 2.31. The van der Waals surface area contributed by atoms with Crippen molar-refractivity contribution in [3.05, 3.63) is 11.6 Å². The average molecular weight is 236 g/mol. The molecule has 17 heavy (non-hydrogen) atoms. The molecule has 0 aromatic rings. The first kappa shape index (κ1) is 14.5. The number of ketones is 1. The predicted molar refractivity (Wildman–Crippen MR) is 74.2 cm³/mol. The van der Waals surface area contributed by atoms with Gasteiger partial charge in [0.05, 0.1) is 0 Å². The minimum atomic E-state index is 0.465. The van der Waals surface area contributed by atoms with Gasteiger partial charge in [-0.05, 0) is 32.6 Å². The lowest BCUT2D eigenvalue weighted by molar-refractivity contribution is -0.119. The van der Waals surface area contributed by atoms with Gasteiger partial charge in [0.15, 0.2) is 0 Å². The molecule has 0 heterocycles. The molecule has 1 aliphatic carbocycles. The van der Waals surface area contributed by atoms with E-state index in [0.29, 0.717) is 5.78 Å². The van der Waals surface area contributed by atoms with E-state index in [2.05, 4.69) is 13.0 Å². The van der Waals surface area contributed by atoms with Crippen LogP contribution in [0.4, 0.5) is 0 Å². The maximum atomic E-state index is 11.6. The predicted octanol–water partition coefficient (Wildman–Crippen LogP) is 5.20. The molecule has 0 bridgehead atoms. The van der Waals surface area contributed by atoms with E-state index in [1.807, 2.05) is 0 Å². The van der Waals surface area contributed by atoms with Crippen molar-refractivity contribution in [1.82, 2.24) is 0 Å². The molecule has 0 aromatic carbocycles. The average Bonchev–Trinajstić information content (AvgIpc) is 2.33. The lowest BCUT2D eigenvalue weighted by Gasteiger charge is -2.02. The van der Waals surface area contributed by atoms with Crippen LogP contribution < -0.4 is 0 Å². The van der Waals surface area contributed by atoms with Crippen LogP contribution in [0.25, 0.3) is 0 Å². The molecule has 0 radical (unpaired) electrons. The van der Waals surface area contributed by atoms with Gasteiger partial charge in [-0.25, -0.2) is 0 Å². The highest BCUT2D eigenvalue weighted by Gasteiger charge is 2.03. The van der Waals surface area contributed by atoms with Crippen molar-refractivity contribution in [3.8, 4) is 0 Å². The van der Waals surface area contributed by atoms with Crippen molar-refractivity contribution >= 4 is 5.78 Å². The van der Waals surface area contributed by atoms with Crippen molar-refractivity contribution in [2.45, 2.75) is 84.0 Å². The molecule has 0 saturated carbocycles. The summed E-state index contributed by atoms with van der Waals surface area (Å²) in [6, 6.07) is 0. The van der Waals surface area contributed by atoms with E-state index in [-0.39, 0.29) is 0 Å². The van der Waals surface area contributed by atoms with Crippen LogP contribution in [0.15, 0.2) is 11.6 Å². The molecule has 0 amide bonds. The molecule has 0 spiro atoms. The highest BCUT2D eigenvalue weighted by Crippen LogP contribution is 2.15. The number of allylic oxidation sites excluding steroid dienone is 2. The van der Waals surface area contributed by atoms with Crippen LogP contribution in [-0.2, 0) is 4.79 Å². The van der Waals surface area contributed by atoms with Crippen LogP contribution in [0, 0.1) is 0 Å². The monoisotopic (exact) mass is 236 g/mol. The van der Waals surface area contributed by atoms with Crippen molar-refractivity contribution in [3.63, 3.8) is 0 Å². The summed E-state index contributed by atoms with van der Waals surface area (Å²) < 4.78 is 0. The summed E-state index contributed by atoms with van der Waals surface area (Å²) in [6.07, 6.45) is 16.6. The third-order valence-corrected chi connectivity index (χ3v) is 3.70. The van der Waals surface area contributed by atoms with Crippen LogP contribution >= 0.6 is 0 Å². The summed E-state index contributed by atoms with van der Waals surface area (Å²) in [5, 5.41) is 0. The second kappa shape index (κ2) is 9.44. The Hall–Kier alpha value is -0.590. The van der Waals surface area contributed by atoms with Gasteiger partial charge in [0.2, 0.25) is 0 Å². The van der Waals surface area contributed by atoms with Crippen molar-refractivity contribution in [2.75, 3.05) is 0 Å².